The standard InChI is InChI=1S/C10H11ClF2O/c1-5(2)10(14)8-7(12)4-3-6(11)9(8)13/h3-5,10,14H,1-2H3. The summed E-state index contributed by atoms with van der Waals surface area (Å²) in [7, 11) is 0. The molecule has 0 aliphatic rings. The van der Waals surface area contributed by atoms with Crippen LogP contribution in [-0.4, -0.2) is 5.11 Å². The maximum Gasteiger partial charge on any atom is 0.150 e. The van der Waals surface area contributed by atoms with Crippen LogP contribution in [0.4, 0.5) is 8.78 Å². The molecule has 0 heterocycles. The Morgan fingerprint density at radius 1 is 1.29 bits per heavy atom. The van der Waals surface area contributed by atoms with E-state index >= 15 is 0 Å². The first kappa shape index (κ1) is 11.4. The summed E-state index contributed by atoms with van der Waals surface area (Å²) >= 11 is 5.48. The van der Waals surface area contributed by atoms with E-state index in [1.165, 1.54) is 0 Å². The van der Waals surface area contributed by atoms with Gasteiger partial charge in [-0.2, -0.15) is 0 Å². The number of hydrogen-bond acceptors (Lipinski definition) is 1. The monoisotopic (exact) mass is 220 g/mol. The van der Waals surface area contributed by atoms with Crippen LogP contribution in [0.1, 0.15) is 25.5 Å². The van der Waals surface area contributed by atoms with Crippen molar-refractivity contribution in [3.05, 3.63) is 34.4 Å². The Kier molecular flexibility index (Phi) is 3.45. The number of aliphatic hydroxyl groups excluding tert-OH is 1. The number of aliphatic hydroxyl groups is 1. The van der Waals surface area contributed by atoms with Gasteiger partial charge in [0.25, 0.3) is 0 Å². The van der Waals surface area contributed by atoms with Gasteiger partial charge in [-0.3, -0.25) is 0 Å². The lowest BCUT2D eigenvalue weighted by molar-refractivity contribution is 0.118. The Morgan fingerprint density at radius 3 is 2.36 bits per heavy atom. The Bertz CT molecular complexity index is 339. The first-order valence-electron chi connectivity index (χ1n) is 4.26. The largest absolute Gasteiger partial charge is 0.388 e. The van der Waals surface area contributed by atoms with E-state index in [1.807, 2.05) is 0 Å². The van der Waals surface area contributed by atoms with Gasteiger partial charge in [0.2, 0.25) is 0 Å². The average Bonchev–Trinajstić information content (AvgIpc) is 2.12. The molecule has 0 aromatic heterocycles. The van der Waals surface area contributed by atoms with Crippen molar-refractivity contribution in [2.45, 2.75) is 20.0 Å². The minimum absolute atomic E-state index is 0.180. The molecule has 0 bridgehead atoms. The molecule has 1 unspecified atom stereocenters. The second kappa shape index (κ2) is 4.24. The second-order valence-electron chi connectivity index (χ2n) is 3.45. The first-order chi connectivity index (χ1) is 6.45. The van der Waals surface area contributed by atoms with E-state index in [-0.39, 0.29) is 16.5 Å². The smallest absolute Gasteiger partial charge is 0.150 e. The lowest BCUT2D eigenvalue weighted by Crippen LogP contribution is -2.10. The number of hydrogen-bond donors (Lipinski definition) is 1. The zero-order chi connectivity index (χ0) is 10.9. The summed E-state index contributed by atoms with van der Waals surface area (Å²) < 4.78 is 26.5. The van der Waals surface area contributed by atoms with Gasteiger partial charge in [-0.15, -0.1) is 0 Å². The summed E-state index contributed by atoms with van der Waals surface area (Å²) in [6, 6.07) is 2.18. The fourth-order valence-electron chi connectivity index (χ4n) is 1.15. The Morgan fingerprint density at radius 2 is 1.86 bits per heavy atom. The van der Waals surface area contributed by atoms with Gasteiger partial charge in [0.05, 0.1) is 16.7 Å². The summed E-state index contributed by atoms with van der Waals surface area (Å²) in [6.45, 7) is 3.34. The molecule has 0 fully saturated rings. The van der Waals surface area contributed by atoms with Gasteiger partial charge < -0.3 is 5.11 Å². The third-order valence-electron chi connectivity index (χ3n) is 2.01. The molecule has 4 heteroatoms. The maximum atomic E-state index is 13.3. The maximum absolute atomic E-state index is 13.3. The Hall–Kier alpha value is -0.670. The molecule has 0 saturated carbocycles. The minimum Gasteiger partial charge on any atom is -0.388 e. The van der Waals surface area contributed by atoms with E-state index in [4.69, 9.17) is 11.6 Å². The predicted octanol–water partition coefficient (Wildman–Crippen LogP) is 3.31. The molecule has 1 rings (SSSR count). The highest BCUT2D eigenvalue weighted by Crippen LogP contribution is 2.30. The minimum atomic E-state index is -1.17. The molecule has 0 amide bonds. The molecule has 1 atom stereocenters. The van der Waals surface area contributed by atoms with Crippen LogP contribution in [0.2, 0.25) is 5.02 Å². The van der Waals surface area contributed by atoms with Crippen molar-refractivity contribution >= 4 is 11.6 Å². The normalized spacial score (nSPS) is 13.4. The van der Waals surface area contributed by atoms with Crippen LogP contribution in [-0.2, 0) is 0 Å². The van der Waals surface area contributed by atoms with Crippen LogP contribution in [0.5, 0.6) is 0 Å². The number of benzene rings is 1. The van der Waals surface area contributed by atoms with Crippen LogP contribution in [0.3, 0.4) is 0 Å². The van der Waals surface area contributed by atoms with E-state index < -0.39 is 17.7 Å². The highest BCUT2D eigenvalue weighted by Gasteiger charge is 2.22. The molecular weight excluding hydrogens is 210 g/mol. The van der Waals surface area contributed by atoms with Gasteiger partial charge in [-0.25, -0.2) is 8.78 Å². The molecule has 1 aromatic carbocycles. The number of rotatable bonds is 2. The first-order valence-corrected chi connectivity index (χ1v) is 4.64. The molecule has 0 radical (unpaired) electrons. The van der Waals surface area contributed by atoms with Crippen LogP contribution < -0.4 is 0 Å². The van der Waals surface area contributed by atoms with Crippen molar-refractivity contribution in [1.29, 1.82) is 0 Å². The SMILES string of the molecule is CC(C)C(O)c1c(F)ccc(Cl)c1F. The molecule has 1 N–H and O–H groups in total. The summed E-state index contributed by atoms with van der Waals surface area (Å²) in [5, 5.41) is 9.37. The molecule has 0 spiro atoms. The molecule has 1 nitrogen and oxygen atoms in total. The van der Waals surface area contributed by atoms with Gasteiger partial charge in [0.15, 0.2) is 5.82 Å². The quantitative estimate of drug-likeness (QED) is 0.759. The molecule has 14 heavy (non-hydrogen) atoms. The van der Waals surface area contributed by atoms with E-state index in [0.717, 1.165) is 12.1 Å². The average molecular weight is 221 g/mol. The molecular formula is C10H11ClF2O. The fraction of sp³-hybridized carbons (Fsp3) is 0.400. The van der Waals surface area contributed by atoms with Crippen LogP contribution in [0, 0.1) is 17.6 Å². The highest BCUT2D eigenvalue weighted by molar-refractivity contribution is 6.30. The fourth-order valence-corrected chi connectivity index (χ4v) is 1.31. The van der Waals surface area contributed by atoms with Crippen molar-refractivity contribution in [1.82, 2.24) is 0 Å². The van der Waals surface area contributed by atoms with Gasteiger partial charge >= 0.3 is 0 Å². The van der Waals surface area contributed by atoms with Crippen LogP contribution in [0.25, 0.3) is 0 Å². The van der Waals surface area contributed by atoms with Gasteiger partial charge in [0, 0.05) is 0 Å². The molecule has 78 valence electrons. The zero-order valence-electron chi connectivity index (χ0n) is 7.89. The van der Waals surface area contributed by atoms with E-state index in [2.05, 4.69) is 0 Å². The van der Waals surface area contributed by atoms with Crippen molar-refractivity contribution in [3.63, 3.8) is 0 Å². The van der Waals surface area contributed by atoms with Crippen molar-refractivity contribution in [2.75, 3.05) is 0 Å². The van der Waals surface area contributed by atoms with E-state index in [0.29, 0.717) is 0 Å². The van der Waals surface area contributed by atoms with E-state index in [9.17, 15) is 13.9 Å². The van der Waals surface area contributed by atoms with Crippen molar-refractivity contribution in [3.8, 4) is 0 Å². The Labute approximate surface area is 86.3 Å². The lowest BCUT2D eigenvalue weighted by atomic mass is 9.98. The molecule has 0 saturated heterocycles. The summed E-state index contributed by atoms with van der Waals surface area (Å²) in [5.41, 5.74) is -0.354. The van der Waals surface area contributed by atoms with Crippen molar-refractivity contribution < 1.29 is 13.9 Å². The highest BCUT2D eigenvalue weighted by atomic mass is 35.5. The van der Waals surface area contributed by atoms with E-state index in [1.54, 1.807) is 13.8 Å². The lowest BCUT2D eigenvalue weighted by Gasteiger charge is -2.16. The molecule has 0 aliphatic heterocycles. The van der Waals surface area contributed by atoms with Crippen LogP contribution >= 0.6 is 11.6 Å². The van der Waals surface area contributed by atoms with Gasteiger partial charge in [-0.1, -0.05) is 25.4 Å². The Balaban J connectivity index is 3.25. The third kappa shape index (κ3) is 2.04. The summed E-state index contributed by atoms with van der Waals surface area (Å²) in [6.07, 6.45) is -1.17. The van der Waals surface area contributed by atoms with Gasteiger partial charge in [0.1, 0.15) is 5.82 Å². The predicted molar refractivity (Wildman–Crippen MR) is 51.2 cm³/mol. The summed E-state index contributed by atoms with van der Waals surface area (Å²) in [4.78, 5) is 0. The molecule has 0 aliphatic carbocycles. The van der Waals surface area contributed by atoms with Crippen LogP contribution in [0.15, 0.2) is 12.1 Å². The summed E-state index contributed by atoms with van der Waals surface area (Å²) in [5.74, 6) is -1.92. The second-order valence-corrected chi connectivity index (χ2v) is 3.85. The zero-order valence-corrected chi connectivity index (χ0v) is 8.65. The van der Waals surface area contributed by atoms with Gasteiger partial charge in [-0.05, 0) is 18.1 Å². The third-order valence-corrected chi connectivity index (χ3v) is 2.30. The number of halogens is 3. The topological polar surface area (TPSA) is 20.2 Å². The van der Waals surface area contributed by atoms with Crippen molar-refractivity contribution in [2.24, 2.45) is 5.92 Å². The molecule has 1 aromatic rings.